The maximum atomic E-state index is 8.89. The van der Waals surface area contributed by atoms with E-state index in [-0.39, 0.29) is 17.1 Å². The number of pyridine rings is 4. The van der Waals surface area contributed by atoms with E-state index >= 15 is 0 Å². The van der Waals surface area contributed by atoms with Gasteiger partial charge in [0.1, 0.15) is 28.2 Å². The minimum absolute atomic E-state index is 0. The van der Waals surface area contributed by atoms with E-state index in [1.54, 1.807) is 0 Å². The summed E-state index contributed by atoms with van der Waals surface area (Å²) in [5.41, 5.74) is 14.7. The molecular formula is C46H39FeN8O2+4. The number of hydrogen-bond acceptors (Lipinski definition) is 4. The first-order valence-corrected chi connectivity index (χ1v) is 18.2. The van der Waals surface area contributed by atoms with Crippen molar-refractivity contribution < 1.29 is 45.2 Å². The van der Waals surface area contributed by atoms with E-state index in [0.29, 0.717) is 0 Å². The number of carbonyl (C=O) groups is 1. The van der Waals surface area contributed by atoms with Crippen molar-refractivity contribution in [3.05, 3.63) is 145 Å². The maximum absolute atomic E-state index is 8.89. The summed E-state index contributed by atoms with van der Waals surface area (Å²) in [4.78, 5) is 30.4. The van der Waals surface area contributed by atoms with Gasteiger partial charge in [0.2, 0.25) is 0 Å². The molecule has 11 heteroatoms. The predicted octanol–water partition coefficient (Wildman–Crippen LogP) is 4.63. The van der Waals surface area contributed by atoms with E-state index < -0.39 is 5.97 Å². The SMILES string of the molecule is CC(=O)[O-].C[n+]1cccc(-c2c3nc(c(-c4ccc[n+](C)c4)c4ccc([n-]4)c(-c4ccc[n+](C)c4)c4nc(c(-c5ccc[n+](C)c5)c5ccc2[n-]5)C=C4)C=C3)c1.[Fe+3]. The molecule has 57 heavy (non-hydrogen) atoms. The molecule has 7 aromatic rings. The van der Waals surface area contributed by atoms with Gasteiger partial charge in [0, 0.05) is 52.5 Å². The van der Waals surface area contributed by atoms with E-state index in [1.165, 1.54) is 0 Å². The van der Waals surface area contributed by atoms with Gasteiger partial charge in [0.05, 0.1) is 22.8 Å². The van der Waals surface area contributed by atoms with Gasteiger partial charge in [-0.3, -0.25) is 0 Å². The van der Waals surface area contributed by atoms with Crippen LogP contribution in [0.5, 0.6) is 0 Å². The number of fused-ring (bicyclic) bond motifs is 8. The molecule has 0 saturated carbocycles. The van der Waals surface area contributed by atoms with Gasteiger partial charge in [-0.2, -0.15) is 0 Å². The van der Waals surface area contributed by atoms with E-state index in [1.807, 2.05) is 53.0 Å². The van der Waals surface area contributed by atoms with Crippen LogP contribution in [-0.2, 0) is 50.1 Å². The third-order valence-corrected chi connectivity index (χ3v) is 9.52. The molecule has 0 atom stereocenters. The minimum atomic E-state index is -1.08. The van der Waals surface area contributed by atoms with Crippen molar-refractivity contribution in [3.8, 4) is 44.5 Å². The van der Waals surface area contributed by atoms with Gasteiger partial charge in [0.15, 0.2) is 49.6 Å². The second-order valence-electron chi connectivity index (χ2n) is 13.9. The Hall–Kier alpha value is -6.81. The summed E-state index contributed by atoms with van der Waals surface area (Å²) in [6.07, 6.45) is 25.0. The van der Waals surface area contributed by atoms with Crippen LogP contribution >= 0.6 is 0 Å². The summed E-state index contributed by atoms with van der Waals surface area (Å²) in [7, 11) is 8.14. The Bertz CT molecular complexity index is 2550. The fourth-order valence-electron chi connectivity index (χ4n) is 7.21. The van der Waals surface area contributed by atoms with Crippen molar-refractivity contribution in [2.75, 3.05) is 0 Å². The number of aromatic nitrogens is 8. The molecule has 2 aliphatic heterocycles. The average Bonchev–Trinajstić information content (AvgIpc) is 3.99. The molecule has 0 saturated heterocycles. The number of rotatable bonds is 4. The molecule has 0 fully saturated rings. The first-order chi connectivity index (χ1) is 27.1. The van der Waals surface area contributed by atoms with Gasteiger partial charge in [-0.1, -0.05) is 24.3 Å². The van der Waals surface area contributed by atoms with E-state index in [2.05, 4.69) is 140 Å². The average molecular weight is 792 g/mol. The Morgan fingerprint density at radius 1 is 0.474 bits per heavy atom. The molecule has 9 heterocycles. The van der Waals surface area contributed by atoms with Crippen molar-refractivity contribution >= 4 is 52.3 Å². The molecule has 0 aliphatic carbocycles. The van der Waals surface area contributed by atoms with Crippen molar-refractivity contribution in [1.29, 1.82) is 0 Å². The molecule has 10 nitrogen and oxygen atoms in total. The molecule has 7 aromatic heterocycles. The predicted molar refractivity (Wildman–Crippen MR) is 214 cm³/mol. The second kappa shape index (κ2) is 16.1. The van der Waals surface area contributed by atoms with Crippen molar-refractivity contribution in [2.24, 2.45) is 28.2 Å². The molecule has 0 spiro atoms. The number of nitrogens with zero attached hydrogens (tertiary/aromatic N) is 8. The van der Waals surface area contributed by atoms with Gasteiger partial charge in [-0.15, -0.1) is 22.1 Å². The Morgan fingerprint density at radius 2 is 0.702 bits per heavy atom. The summed E-state index contributed by atoms with van der Waals surface area (Å²) in [6, 6.07) is 25.1. The van der Waals surface area contributed by atoms with E-state index in [0.717, 1.165) is 96.3 Å². The number of aliphatic carboxylic acids is 1. The van der Waals surface area contributed by atoms with Gasteiger partial charge in [-0.25, -0.2) is 28.2 Å². The smallest absolute Gasteiger partial charge is 0.657 e. The van der Waals surface area contributed by atoms with Crippen LogP contribution in [0.2, 0.25) is 0 Å². The van der Waals surface area contributed by atoms with Gasteiger partial charge in [0.25, 0.3) is 0 Å². The molecule has 0 amide bonds. The van der Waals surface area contributed by atoms with E-state index in [4.69, 9.17) is 29.8 Å². The third kappa shape index (κ3) is 7.98. The quantitative estimate of drug-likeness (QED) is 0.190. The third-order valence-electron chi connectivity index (χ3n) is 9.52. The summed E-state index contributed by atoms with van der Waals surface area (Å²) in [5, 5.41) is 8.89. The van der Waals surface area contributed by atoms with Crippen LogP contribution in [0.3, 0.4) is 0 Å². The molecule has 9 rings (SSSR count). The van der Waals surface area contributed by atoms with Crippen LogP contribution in [0.25, 0.3) is 90.9 Å². The van der Waals surface area contributed by atoms with Crippen molar-refractivity contribution in [2.45, 2.75) is 6.92 Å². The number of hydrogen-bond donors (Lipinski definition) is 0. The number of carboxylic acid groups (broad SMARTS) is 1. The topological polar surface area (TPSA) is 110 Å². The molecule has 8 bridgehead atoms. The van der Waals surface area contributed by atoms with Gasteiger partial charge < -0.3 is 19.9 Å². The van der Waals surface area contributed by atoms with Crippen LogP contribution < -0.4 is 33.3 Å². The zero-order valence-corrected chi connectivity index (χ0v) is 33.2. The molecule has 0 N–H and O–H groups in total. The van der Waals surface area contributed by atoms with E-state index in [9.17, 15) is 0 Å². The largest absolute Gasteiger partial charge is 3.00 e. The zero-order valence-electron chi connectivity index (χ0n) is 32.1. The first kappa shape index (κ1) is 38.5. The summed E-state index contributed by atoms with van der Waals surface area (Å²) in [6.45, 7) is 0.972. The van der Waals surface area contributed by atoms with Crippen LogP contribution in [-0.4, -0.2) is 15.9 Å². The van der Waals surface area contributed by atoms with Crippen molar-refractivity contribution in [1.82, 2.24) is 19.9 Å². The molecule has 0 aromatic carbocycles. The van der Waals surface area contributed by atoms with Crippen molar-refractivity contribution in [3.63, 3.8) is 0 Å². The Labute approximate surface area is 340 Å². The minimum Gasteiger partial charge on any atom is -0.657 e. The van der Waals surface area contributed by atoms with Crippen LogP contribution in [0.1, 0.15) is 29.7 Å². The number of aryl methyl sites for hydroxylation is 4. The van der Waals surface area contributed by atoms with Crippen LogP contribution in [0, 0.1) is 0 Å². The Kier molecular flexibility index (Phi) is 10.9. The maximum Gasteiger partial charge on any atom is 3.00 e. The number of carboxylic acids is 1. The summed E-state index contributed by atoms with van der Waals surface area (Å²) < 4.78 is 8.24. The Balaban J connectivity index is 0.000000949. The normalized spacial score (nSPS) is 11.5. The molecule has 2 aliphatic rings. The summed E-state index contributed by atoms with van der Waals surface area (Å²) in [5.74, 6) is -1.08. The summed E-state index contributed by atoms with van der Waals surface area (Å²) >= 11 is 0. The fraction of sp³-hybridized carbons (Fsp3) is 0.109. The standard InChI is InChI=1S/C44H36N8.C2H4O2.Fe/c1-49-21-5-9-29(25-49)41-33-13-15-35(45-33)42(30-10-6-22-50(2)26-30)37-17-19-39(47-37)44(32-12-8-24-52(4)28-32)40-20-18-38(48-40)43(36-16-14-34(41)46-36)31-11-7-23-51(3)27-31;1-2(3)4;/h5-28H,1-4H3;1H3,(H,3,4);/q+2;;+3/p-1. The number of carbonyl (C=O) groups excluding carboxylic acids is 1. The van der Waals surface area contributed by atoms with Gasteiger partial charge in [-0.05, 0) is 77.7 Å². The molecular weight excluding hydrogens is 752 g/mol. The zero-order chi connectivity index (χ0) is 38.9. The first-order valence-electron chi connectivity index (χ1n) is 18.2. The van der Waals surface area contributed by atoms with Crippen LogP contribution in [0.15, 0.2) is 122 Å². The Morgan fingerprint density at radius 3 is 0.912 bits per heavy atom. The van der Waals surface area contributed by atoms with Gasteiger partial charge >= 0.3 is 17.1 Å². The monoisotopic (exact) mass is 791 g/mol. The van der Waals surface area contributed by atoms with Crippen LogP contribution in [0.4, 0.5) is 0 Å². The molecule has 1 radical (unpaired) electrons. The molecule has 0 unspecified atom stereocenters. The fourth-order valence-corrected chi connectivity index (χ4v) is 7.21. The second-order valence-corrected chi connectivity index (χ2v) is 13.9. The molecule has 279 valence electrons.